The van der Waals surface area contributed by atoms with Crippen molar-refractivity contribution in [3.63, 3.8) is 0 Å². The molecule has 4 rings (SSSR count). The zero-order valence-corrected chi connectivity index (χ0v) is 14.1. The van der Waals surface area contributed by atoms with Crippen LogP contribution in [0.1, 0.15) is 50.3 Å². The van der Waals surface area contributed by atoms with Crippen LogP contribution in [-0.2, 0) is 14.9 Å². The van der Waals surface area contributed by atoms with E-state index in [1.807, 2.05) is 12.1 Å². The second kappa shape index (κ2) is 6.20. The highest BCUT2D eigenvalue weighted by molar-refractivity contribution is 7.86. The maximum absolute atomic E-state index is 13.3. The average molecular weight is 340 g/mol. The van der Waals surface area contributed by atoms with Crippen molar-refractivity contribution >= 4 is 10.2 Å². The van der Waals surface area contributed by atoms with E-state index < -0.39 is 10.2 Å². The number of morpholine rings is 1. The van der Waals surface area contributed by atoms with Gasteiger partial charge in [0.05, 0.1) is 31.1 Å². The molecule has 1 aromatic heterocycles. The molecule has 0 aromatic carbocycles. The number of hydrogen-bond acceptors (Lipinski definition) is 4. The molecule has 0 radical (unpaired) electrons. The number of nitrogens with zero attached hydrogens (tertiary/aromatic N) is 2. The summed E-state index contributed by atoms with van der Waals surface area (Å²) in [6, 6.07) is 3.53. The first-order valence-electron chi connectivity index (χ1n) is 8.61. The molecule has 3 unspecified atom stereocenters. The minimum absolute atomic E-state index is 0.000325. The fourth-order valence-corrected chi connectivity index (χ4v) is 6.31. The lowest BCUT2D eigenvalue weighted by Crippen LogP contribution is -2.58. The van der Waals surface area contributed by atoms with Gasteiger partial charge in [0.15, 0.2) is 0 Å². The van der Waals surface area contributed by atoms with Crippen LogP contribution in [0.4, 0.5) is 0 Å². The van der Waals surface area contributed by atoms with Crippen LogP contribution >= 0.6 is 0 Å². The Bertz CT molecular complexity index is 629. The highest BCUT2D eigenvalue weighted by Gasteiger charge is 2.46. The molecule has 1 saturated carbocycles. The van der Waals surface area contributed by atoms with E-state index in [1.165, 1.54) is 0 Å². The molecule has 3 fully saturated rings. The summed E-state index contributed by atoms with van der Waals surface area (Å²) in [5, 5.41) is 0. The van der Waals surface area contributed by atoms with E-state index in [0.29, 0.717) is 19.7 Å². The second-order valence-electron chi connectivity index (χ2n) is 6.66. The molecule has 2 saturated heterocycles. The molecular formula is C16H24N2O4S. The molecule has 1 aromatic rings. The lowest BCUT2D eigenvalue weighted by atomic mass is 9.91. The molecule has 0 amide bonds. The van der Waals surface area contributed by atoms with E-state index in [9.17, 15) is 8.42 Å². The summed E-state index contributed by atoms with van der Waals surface area (Å²) >= 11 is 0. The molecule has 128 valence electrons. The minimum atomic E-state index is -3.48. The number of fused-ring (bicyclic) bond motifs is 1. The SMILES string of the molecule is O=S(=O)(N1CCCC1c1ccco1)N1CCOC2CCCCC21. The van der Waals surface area contributed by atoms with Crippen LogP contribution in [0, 0.1) is 0 Å². The van der Waals surface area contributed by atoms with Crippen LogP contribution in [0.2, 0.25) is 0 Å². The molecule has 1 aliphatic carbocycles. The topological polar surface area (TPSA) is 63.0 Å². The maximum Gasteiger partial charge on any atom is 0.283 e. The predicted octanol–water partition coefficient (Wildman–Crippen LogP) is 2.30. The van der Waals surface area contributed by atoms with Gasteiger partial charge in [0.25, 0.3) is 10.2 Å². The zero-order chi connectivity index (χ0) is 15.9. The molecule has 3 atom stereocenters. The Morgan fingerprint density at radius 3 is 2.74 bits per heavy atom. The minimum Gasteiger partial charge on any atom is -0.468 e. The quantitative estimate of drug-likeness (QED) is 0.847. The summed E-state index contributed by atoms with van der Waals surface area (Å²) < 4.78 is 41.3. The van der Waals surface area contributed by atoms with E-state index in [0.717, 1.165) is 44.3 Å². The van der Waals surface area contributed by atoms with Crippen molar-refractivity contribution in [3.8, 4) is 0 Å². The van der Waals surface area contributed by atoms with Crippen molar-refractivity contribution in [1.82, 2.24) is 8.61 Å². The standard InChI is InChI=1S/C16H24N2O4S/c19-23(20,17-9-3-6-14(17)16-8-4-11-21-16)18-10-12-22-15-7-2-1-5-13(15)18/h4,8,11,13-15H,1-3,5-7,9-10,12H2. The Balaban J connectivity index is 1.61. The molecule has 23 heavy (non-hydrogen) atoms. The van der Waals surface area contributed by atoms with Crippen molar-refractivity contribution in [2.75, 3.05) is 19.7 Å². The van der Waals surface area contributed by atoms with Gasteiger partial charge in [-0.2, -0.15) is 17.0 Å². The van der Waals surface area contributed by atoms with Gasteiger partial charge in [0.1, 0.15) is 5.76 Å². The average Bonchev–Trinajstić information content (AvgIpc) is 3.25. The predicted molar refractivity (Wildman–Crippen MR) is 85.0 cm³/mol. The lowest BCUT2D eigenvalue weighted by Gasteiger charge is -2.44. The van der Waals surface area contributed by atoms with Crippen LogP contribution in [-0.4, -0.2) is 48.9 Å². The van der Waals surface area contributed by atoms with E-state index in [4.69, 9.17) is 9.15 Å². The third kappa shape index (κ3) is 2.73. The molecule has 0 bridgehead atoms. The summed E-state index contributed by atoms with van der Waals surface area (Å²) in [5.74, 6) is 0.750. The summed E-state index contributed by atoms with van der Waals surface area (Å²) in [4.78, 5) is 0. The van der Waals surface area contributed by atoms with Gasteiger partial charge in [-0.25, -0.2) is 0 Å². The van der Waals surface area contributed by atoms with Gasteiger partial charge >= 0.3 is 0 Å². The summed E-state index contributed by atoms with van der Waals surface area (Å²) in [7, 11) is -3.48. The first-order valence-corrected chi connectivity index (χ1v) is 10.0. The highest BCUT2D eigenvalue weighted by Crippen LogP contribution is 2.38. The molecule has 7 heteroatoms. The summed E-state index contributed by atoms with van der Waals surface area (Å²) in [5.41, 5.74) is 0. The van der Waals surface area contributed by atoms with Crippen molar-refractivity contribution in [2.24, 2.45) is 0 Å². The lowest BCUT2D eigenvalue weighted by molar-refractivity contribution is -0.0604. The van der Waals surface area contributed by atoms with Crippen LogP contribution in [0.5, 0.6) is 0 Å². The van der Waals surface area contributed by atoms with Gasteiger partial charge in [-0.15, -0.1) is 0 Å². The van der Waals surface area contributed by atoms with Gasteiger partial charge in [0.2, 0.25) is 0 Å². The van der Waals surface area contributed by atoms with Gasteiger partial charge in [-0.3, -0.25) is 0 Å². The molecule has 3 aliphatic rings. The normalized spacial score (nSPS) is 33.7. The molecule has 2 aliphatic heterocycles. The second-order valence-corrected chi connectivity index (χ2v) is 8.50. The number of rotatable bonds is 3. The number of hydrogen-bond donors (Lipinski definition) is 0. The van der Waals surface area contributed by atoms with Crippen LogP contribution in [0.25, 0.3) is 0 Å². The van der Waals surface area contributed by atoms with Gasteiger partial charge < -0.3 is 9.15 Å². The van der Waals surface area contributed by atoms with Gasteiger partial charge in [-0.05, 0) is 37.8 Å². The number of furan rings is 1. The highest BCUT2D eigenvalue weighted by atomic mass is 32.2. The van der Waals surface area contributed by atoms with E-state index >= 15 is 0 Å². The smallest absolute Gasteiger partial charge is 0.283 e. The van der Waals surface area contributed by atoms with Gasteiger partial charge in [-0.1, -0.05) is 12.8 Å². The fourth-order valence-electron chi connectivity index (χ4n) is 4.26. The van der Waals surface area contributed by atoms with E-state index in [-0.39, 0.29) is 18.2 Å². The van der Waals surface area contributed by atoms with Crippen LogP contribution in [0.3, 0.4) is 0 Å². The van der Waals surface area contributed by atoms with Crippen LogP contribution in [0.15, 0.2) is 22.8 Å². The first kappa shape index (κ1) is 15.6. The zero-order valence-electron chi connectivity index (χ0n) is 13.3. The fraction of sp³-hybridized carbons (Fsp3) is 0.750. The Labute approximate surface area is 137 Å². The van der Waals surface area contributed by atoms with Crippen molar-refractivity contribution in [3.05, 3.63) is 24.2 Å². The molecule has 3 heterocycles. The molecule has 0 spiro atoms. The Hall–Kier alpha value is -0.890. The maximum atomic E-state index is 13.3. The molecular weight excluding hydrogens is 316 g/mol. The van der Waals surface area contributed by atoms with Crippen molar-refractivity contribution < 1.29 is 17.6 Å². The van der Waals surface area contributed by atoms with Crippen LogP contribution < -0.4 is 0 Å². The monoisotopic (exact) mass is 340 g/mol. The largest absolute Gasteiger partial charge is 0.468 e. The van der Waals surface area contributed by atoms with Crippen molar-refractivity contribution in [1.29, 1.82) is 0 Å². The third-order valence-electron chi connectivity index (χ3n) is 5.35. The number of ether oxygens (including phenoxy) is 1. The van der Waals surface area contributed by atoms with E-state index in [1.54, 1.807) is 14.9 Å². The summed E-state index contributed by atoms with van der Waals surface area (Å²) in [6.07, 6.45) is 7.48. The van der Waals surface area contributed by atoms with Gasteiger partial charge in [0, 0.05) is 13.1 Å². The Morgan fingerprint density at radius 2 is 1.91 bits per heavy atom. The van der Waals surface area contributed by atoms with E-state index in [2.05, 4.69) is 0 Å². The Morgan fingerprint density at radius 1 is 1.04 bits per heavy atom. The summed E-state index contributed by atoms with van der Waals surface area (Å²) in [6.45, 7) is 1.53. The third-order valence-corrected chi connectivity index (χ3v) is 7.43. The molecule has 6 nitrogen and oxygen atoms in total. The Kier molecular flexibility index (Phi) is 4.21. The van der Waals surface area contributed by atoms with Crippen molar-refractivity contribution in [2.45, 2.75) is 56.7 Å². The molecule has 0 N–H and O–H groups in total. The first-order chi connectivity index (χ1) is 11.2.